The minimum atomic E-state index is 1.30. The van der Waals surface area contributed by atoms with E-state index < -0.39 is 0 Å². The average molecular weight is 348 g/mol. The number of hydrogen-bond donors (Lipinski definition) is 0. The van der Waals surface area contributed by atoms with Crippen LogP contribution >= 0.6 is 0 Å². The maximum atomic E-state index is 3.34. The van der Waals surface area contributed by atoms with Gasteiger partial charge in [0.15, 0.2) is 0 Å². The average Bonchev–Trinajstić information content (AvgIpc) is 2.78. The van der Waals surface area contributed by atoms with Gasteiger partial charge in [-0.15, -0.1) is 0 Å². The third-order valence-corrected chi connectivity index (χ3v) is 4.36. The van der Waals surface area contributed by atoms with E-state index in [-0.39, 0.29) is 0 Å². The molecule has 2 rings (SSSR count). The zero-order valence-electron chi connectivity index (χ0n) is 14.4. The molecule has 0 aliphatic rings. The molecule has 0 N–H and O–H groups in total. The van der Waals surface area contributed by atoms with E-state index >= 15 is 0 Å². The predicted octanol–water partition coefficient (Wildman–Crippen LogP) is 5.24. The number of rotatable bonds is 0. The van der Waals surface area contributed by atoms with Gasteiger partial charge in [0.1, 0.15) is 0 Å². The zero-order chi connectivity index (χ0) is 16.0. The van der Waals surface area contributed by atoms with E-state index in [1.807, 2.05) is 0 Å². The van der Waals surface area contributed by atoms with Crippen LogP contribution < -0.4 is 0 Å². The van der Waals surface area contributed by atoms with Crippen LogP contribution in [0.5, 0.6) is 0 Å². The molecule has 0 saturated carbocycles. The molecule has 0 saturated heterocycles. The van der Waals surface area contributed by atoms with Gasteiger partial charge in [-0.1, -0.05) is 55.4 Å². The molecule has 0 heterocycles. The zero-order valence-corrected chi connectivity index (χ0v) is 16.8. The molecule has 0 radical (unpaired) electrons. The van der Waals surface area contributed by atoms with Gasteiger partial charge in [0.25, 0.3) is 0 Å². The summed E-state index contributed by atoms with van der Waals surface area (Å²) >= 11 is 1.30. The third-order valence-electron chi connectivity index (χ3n) is 4.36. The van der Waals surface area contributed by atoms with E-state index in [9.17, 15) is 0 Å². The normalized spacial score (nSPS) is 9.50. The van der Waals surface area contributed by atoms with Crippen molar-refractivity contribution in [1.82, 2.24) is 0 Å². The Morgan fingerprint density at radius 1 is 0.700 bits per heavy atom. The fourth-order valence-electron chi connectivity index (χ4n) is 2.27. The van der Waals surface area contributed by atoms with Crippen molar-refractivity contribution >= 4 is 4.21 Å². The molecule has 0 aromatic heterocycles. The fourth-order valence-corrected chi connectivity index (χ4v) is 2.27. The molecule has 108 valence electrons. The van der Waals surface area contributed by atoms with Crippen LogP contribution in [-0.4, -0.2) is 4.21 Å². The first-order valence-corrected chi connectivity index (χ1v) is 8.75. The van der Waals surface area contributed by atoms with Crippen LogP contribution in [0.25, 0.3) is 0 Å². The monoisotopic (exact) mass is 346 g/mol. The van der Waals surface area contributed by atoms with Crippen molar-refractivity contribution in [2.24, 2.45) is 0 Å². The van der Waals surface area contributed by atoms with Gasteiger partial charge in [-0.25, -0.2) is 0 Å². The Kier molecular flexibility index (Phi) is 8.44. The Hall–Kier alpha value is -0.547. The molecule has 20 heavy (non-hydrogen) atoms. The van der Waals surface area contributed by atoms with Crippen molar-refractivity contribution in [2.45, 2.75) is 55.4 Å². The fraction of sp³-hybridized carbons (Fsp3) is 0.421. The molecule has 2 aromatic rings. The summed E-state index contributed by atoms with van der Waals surface area (Å²) < 4.78 is 3.34. The van der Waals surface area contributed by atoms with E-state index in [0.29, 0.717) is 0 Å². The second-order valence-corrected chi connectivity index (χ2v) is 5.52. The molecule has 0 atom stereocenters. The molecule has 1 heteroatoms. The molecule has 0 amide bonds. The van der Waals surface area contributed by atoms with Crippen molar-refractivity contribution in [2.75, 3.05) is 0 Å². The molecule has 0 nitrogen and oxygen atoms in total. The Labute approximate surface area is 140 Å². The van der Waals surface area contributed by atoms with Crippen molar-refractivity contribution in [1.29, 1.82) is 0 Å². The first kappa shape index (κ1) is 19.5. The summed E-state index contributed by atoms with van der Waals surface area (Å²) in [5.74, 6) is 0. The van der Waals surface area contributed by atoms with Crippen molar-refractivity contribution in [3.63, 3.8) is 0 Å². The van der Waals surface area contributed by atoms with Gasteiger partial charge in [-0.3, -0.25) is 0 Å². The molecule has 0 aliphatic carbocycles. The molecular weight excluding hydrogens is 319 g/mol. The van der Waals surface area contributed by atoms with Crippen LogP contribution in [-0.2, 0) is 24.2 Å². The first-order valence-electron chi connectivity index (χ1n) is 7.01. The van der Waals surface area contributed by atoms with E-state index in [1.165, 1.54) is 68.7 Å². The summed E-state index contributed by atoms with van der Waals surface area (Å²) in [6.45, 7) is 17.4. The molecule has 0 unspecified atom stereocenters. The van der Waals surface area contributed by atoms with Crippen molar-refractivity contribution < 1.29 is 24.2 Å². The van der Waals surface area contributed by atoms with Crippen LogP contribution in [0.1, 0.15) is 44.5 Å². The topological polar surface area (TPSA) is 0 Å². The summed E-state index contributed by atoms with van der Waals surface area (Å²) in [5.41, 5.74) is 11.5. The minimum absolute atomic E-state index is 1.30. The van der Waals surface area contributed by atoms with Gasteiger partial charge < -0.3 is 0 Å². The molecular formula is C19H28Zr. The van der Waals surface area contributed by atoms with Crippen LogP contribution in [0.2, 0.25) is 0 Å². The Morgan fingerprint density at radius 3 is 1.00 bits per heavy atom. The molecule has 2 aromatic carbocycles. The quantitative estimate of drug-likeness (QED) is 0.571. The van der Waals surface area contributed by atoms with Gasteiger partial charge in [0, 0.05) is 0 Å². The summed E-state index contributed by atoms with van der Waals surface area (Å²) in [4.78, 5) is 0. The predicted molar refractivity (Wildman–Crippen MR) is 89.1 cm³/mol. The van der Waals surface area contributed by atoms with Crippen LogP contribution in [0, 0.1) is 55.4 Å². The summed E-state index contributed by atoms with van der Waals surface area (Å²) in [6.07, 6.45) is 0. The summed E-state index contributed by atoms with van der Waals surface area (Å²) in [6, 6.07) is 4.48. The van der Waals surface area contributed by atoms with Crippen LogP contribution in [0.15, 0.2) is 12.1 Å². The third kappa shape index (κ3) is 4.78. The summed E-state index contributed by atoms with van der Waals surface area (Å²) in [5, 5.41) is 0. The van der Waals surface area contributed by atoms with E-state index in [0.717, 1.165) is 0 Å². The second kappa shape index (κ2) is 8.68. The number of hydrogen-bond acceptors (Lipinski definition) is 0. The maximum absolute atomic E-state index is 3.34. The van der Waals surface area contributed by atoms with E-state index in [1.54, 1.807) is 0 Å². The standard InChI is InChI=1S/2C9H13.CH2.Zr/c2*1-6-5-7(2)9(4)8(6)3;;/h2*5H,1-4H3;1H2;/q2*-1;;+2. The van der Waals surface area contributed by atoms with Gasteiger partial charge in [-0.05, 0) is 0 Å². The van der Waals surface area contributed by atoms with E-state index in [4.69, 9.17) is 0 Å². The van der Waals surface area contributed by atoms with Gasteiger partial charge in [0.05, 0.1) is 0 Å². The Balaban J connectivity index is 0.000000321. The van der Waals surface area contributed by atoms with Gasteiger partial charge in [0.2, 0.25) is 0 Å². The second-order valence-electron chi connectivity index (χ2n) is 5.52. The van der Waals surface area contributed by atoms with Crippen LogP contribution in [0.3, 0.4) is 0 Å². The molecule has 0 fully saturated rings. The summed E-state index contributed by atoms with van der Waals surface area (Å²) in [7, 11) is 0. The SMILES string of the molecule is Cc1c[c-](C)c(C)c1C.Cc1c[c-](C)c(C)c1C.[CH2]=[Zr+2]. The van der Waals surface area contributed by atoms with Crippen molar-refractivity contribution in [3.05, 3.63) is 56.6 Å². The Morgan fingerprint density at radius 2 is 0.950 bits per heavy atom. The van der Waals surface area contributed by atoms with E-state index in [2.05, 4.69) is 71.7 Å². The molecule has 0 bridgehead atoms. The van der Waals surface area contributed by atoms with Gasteiger partial charge in [-0.2, -0.15) is 56.6 Å². The first-order chi connectivity index (χ1) is 9.25. The molecule has 0 spiro atoms. The molecule has 0 aliphatic heterocycles. The van der Waals surface area contributed by atoms with Crippen LogP contribution in [0.4, 0.5) is 0 Å². The van der Waals surface area contributed by atoms with Gasteiger partial charge >= 0.3 is 28.4 Å². The van der Waals surface area contributed by atoms with Crippen molar-refractivity contribution in [3.8, 4) is 0 Å². The number of aryl methyl sites for hydroxylation is 4. The Bertz CT molecular complexity index is 458.